The van der Waals surface area contributed by atoms with Gasteiger partial charge in [-0.3, -0.25) is 0 Å². The Balaban J connectivity index is 3.07. The molecule has 0 aromatic carbocycles. The third kappa shape index (κ3) is 2.27. The second-order valence-corrected chi connectivity index (χ2v) is 2.62. The smallest absolute Gasteiger partial charge is 0.242 e. The van der Waals surface area contributed by atoms with Crippen molar-refractivity contribution in [3.63, 3.8) is 0 Å². The minimum absolute atomic E-state index is 0.00852. The molecule has 0 atom stereocenters. The van der Waals surface area contributed by atoms with Gasteiger partial charge >= 0.3 is 0 Å². The van der Waals surface area contributed by atoms with Crippen LogP contribution in [-0.2, 0) is 6.42 Å². The van der Waals surface area contributed by atoms with Crippen LogP contribution < -0.4 is 10.5 Å². The van der Waals surface area contributed by atoms with Gasteiger partial charge in [0.05, 0.1) is 7.11 Å². The summed E-state index contributed by atoms with van der Waals surface area (Å²) >= 11 is 0. The minimum Gasteiger partial charge on any atom is -0.481 e. The molecule has 1 heterocycles. The van der Waals surface area contributed by atoms with E-state index in [-0.39, 0.29) is 17.3 Å². The molecule has 6 heteroatoms. The number of nitrogens with two attached hydrogens (primary N) is 1. The quantitative estimate of drug-likeness (QED) is 0.817. The molecular weight excluding hydrogens is 197 g/mol. The van der Waals surface area contributed by atoms with Crippen molar-refractivity contribution >= 4 is 5.82 Å². The molecule has 0 unspecified atom stereocenters. The van der Waals surface area contributed by atoms with Gasteiger partial charge in [0.15, 0.2) is 11.6 Å². The van der Waals surface area contributed by atoms with E-state index < -0.39 is 18.7 Å². The van der Waals surface area contributed by atoms with Crippen molar-refractivity contribution in [2.45, 2.75) is 12.8 Å². The Labute approximate surface area is 78.7 Å². The van der Waals surface area contributed by atoms with Crippen LogP contribution >= 0.6 is 0 Å². The fraction of sp³-hybridized carbons (Fsp3) is 0.375. The van der Waals surface area contributed by atoms with Crippen LogP contribution in [0.5, 0.6) is 5.88 Å². The molecule has 0 fully saturated rings. The second kappa shape index (κ2) is 4.17. The lowest BCUT2D eigenvalue weighted by molar-refractivity contribution is 0.147. The van der Waals surface area contributed by atoms with Crippen molar-refractivity contribution in [3.8, 4) is 5.88 Å². The Hall–Kier alpha value is -1.46. The summed E-state index contributed by atoms with van der Waals surface area (Å²) in [6.45, 7) is 0. The van der Waals surface area contributed by atoms with Crippen LogP contribution in [0.1, 0.15) is 5.56 Å². The van der Waals surface area contributed by atoms with Gasteiger partial charge in [0.25, 0.3) is 0 Å². The molecule has 1 aromatic rings. The normalized spacial score (nSPS) is 10.6. The first-order valence-corrected chi connectivity index (χ1v) is 3.81. The van der Waals surface area contributed by atoms with Crippen molar-refractivity contribution in [2.24, 2.45) is 0 Å². The van der Waals surface area contributed by atoms with E-state index in [0.29, 0.717) is 0 Å². The summed E-state index contributed by atoms with van der Waals surface area (Å²) in [4.78, 5) is 3.49. The lowest BCUT2D eigenvalue weighted by Crippen LogP contribution is -2.05. The number of anilines is 1. The van der Waals surface area contributed by atoms with Crippen LogP contribution in [0.4, 0.5) is 19.0 Å². The van der Waals surface area contributed by atoms with E-state index in [1.54, 1.807) is 0 Å². The number of hydrogen-bond acceptors (Lipinski definition) is 3. The second-order valence-electron chi connectivity index (χ2n) is 2.62. The number of pyridine rings is 1. The van der Waals surface area contributed by atoms with Gasteiger partial charge in [-0.05, 0) is 6.07 Å². The topological polar surface area (TPSA) is 48.1 Å². The van der Waals surface area contributed by atoms with Gasteiger partial charge in [-0.15, -0.1) is 0 Å². The zero-order chi connectivity index (χ0) is 10.7. The van der Waals surface area contributed by atoms with E-state index >= 15 is 0 Å². The van der Waals surface area contributed by atoms with Gasteiger partial charge in [-0.1, -0.05) is 0 Å². The molecule has 78 valence electrons. The molecule has 3 nitrogen and oxygen atoms in total. The highest BCUT2D eigenvalue weighted by Gasteiger charge is 2.14. The van der Waals surface area contributed by atoms with Crippen molar-refractivity contribution in [1.29, 1.82) is 0 Å². The van der Waals surface area contributed by atoms with Gasteiger partial charge in [-0.25, -0.2) is 13.2 Å². The van der Waals surface area contributed by atoms with E-state index in [2.05, 4.69) is 4.98 Å². The van der Waals surface area contributed by atoms with Gasteiger partial charge < -0.3 is 10.5 Å². The molecule has 0 aliphatic carbocycles. The van der Waals surface area contributed by atoms with Gasteiger partial charge in [0.1, 0.15) is 0 Å². The molecule has 0 amide bonds. The van der Waals surface area contributed by atoms with Crippen LogP contribution in [-0.4, -0.2) is 18.5 Å². The summed E-state index contributed by atoms with van der Waals surface area (Å²) in [7, 11) is 1.26. The Kier molecular flexibility index (Phi) is 3.16. The third-order valence-electron chi connectivity index (χ3n) is 1.61. The van der Waals surface area contributed by atoms with E-state index in [9.17, 15) is 13.2 Å². The molecule has 0 aliphatic heterocycles. The molecular formula is C8H9F3N2O. The summed E-state index contributed by atoms with van der Waals surface area (Å²) < 4.78 is 41.6. The number of aromatic nitrogens is 1. The standard InChI is InChI=1S/C8H9F3N2O/c1-14-8-4(3-6(10)11)2-5(9)7(12)13-8/h2,6H,3H2,1H3,(H2,12,13). The van der Waals surface area contributed by atoms with E-state index in [0.717, 1.165) is 6.07 Å². The number of nitrogens with zero attached hydrogens (tertiary/aromatic N) is 1. The number of nitrogen functional groups attached to an aromatic ring is 1. The maximum Gasteiger partial charge on any atom is 0.242 e. The molecule has 14 heavy (non-hydrogen) atoms. The van der Waals surface area contributed by atoms with Gasteiger partial charge in [-0.2, -0.15) is 4.98 Å². The van der Waals surface area contributed by atoms with E-state index in [4.69, 9.17) is 10.5 Å². The van der Waals surface area contributed by atoms with Crippen LogP contribution in [0.25, 0.3) is 0 Å². The Morgan fingerprint density at radius 2 is 2.21 bits per heavy atom. The zero-order valence-corrected chi connectivity index (χ0v) is 7.43. The van der Waals surface area contributed by atoms with E-state index in [1.165, 1.54) is 7.11 Å². The van der Waals surface area contributed by atoms with Gasteiger partial charge in [0, 0.05) is 12.0 Å². The van der Waals surface area contributed by atoms with E-state index in [1.807, 2.05) is 0 Å². The van der Waals surface area contributed by atoms with Crippen molar-refractivity contribution in [1.82, 2.24) is 4.98 Å². The first-order chi connectivity index (χ1) is 6.54. The average molecular weight is 206 g/mol. The first-order valence-electron chi connectivity index (χ1n) is 3.81. The summed E-state index contributed by atoms with van der Waals surface area (Å²) in [5.41, 5.74) is 5.15. The van der Waals surface area contributed by atoms with Crippen molar-refractivity contribution in [3.05, 3.63) is 17.4 Å². The lowest BCUT2D eigenvalue weighted by Gasteiger charge is -2.08. The summed E-state index contributed by atoms with van der Waals surface area (Å²) in [5.74, 6) is -1.24. The molecule has 0 spiro atoms. The van der Waals surface area contributed by atoms with Crippen LogP contribution in [0.3, 0.4) is 0 Å². The van der Waals surface area contributed by atoms with Crippen molar-refractivity contribution in [2.75, 3.05) is 12.8 Å². The predicted molar refractivity (Wildman–Crippen MR) is 44.9 cm³/mol. The molecule has 0 saturated heterocycles. The van der Waals surface area contributed by atoms with Crippen molar-refractivity contribution < 1.29 is 17.9 Å². The van der Waals surface area contributed by atoms with Gasteiger partial charge in [0.2, 0.25) is 12.3 Å². The number of methoxy groups -OCH3 is 1. The maximum absolute atomic E-state index is 12.9. The number of halogens is 3. The number of hydrogen-bond donors (Lipinski definition) is 1. The Morgan fingerprint density at radius 3 is 2.71 bits per heavy atom. The monoisotopic (exact) mass is 206 g/mol. The average Bonchev–Trinajstić information content (AvgIpc) is 2.10. The highest BCUT2D eigenvalue weighted by Crippen LogP contribution is 2.22. The zero-order valence-electron chi connectivity index (χ0n) is 7.43. The fourth-order valence-electron chi connectivity index (χ4n) is 1.01. The fourth-order valence-corrected chi connectivity index (χ4v) is 1.01. The Bertz CT molecular complexity index is 331. The molecule has 0 saturated carbocycles. The highest BCUT2D eigenvalue weighted by atomic mass is 19.3. The summed E-state index contributed by atoms with van der Waals surface area (Å²) in [5, 5.41) is 0. The molecule has 0 radical (unpaired) electrons. The largest absolute Gasteiger partial charge is 0.481 e. The first kappa shape index (κ1) is 10.6. The molecule has 2 N–H and O–H groups in total. The Morgan fingerprint density at radius 1 is 1.57 bits per heavy atom. The third-order valence-corrected chi connectivity index (χ3v) is 1.61. The van der Waals surface area contributed by atoms with Crippen LogP contribution in [0, 0.1) is 5.82 Å². The molecule has 0 bridgehead atoms. The summed E-state index contributed by atoms with van der Waals surface area (Å²) in [6, 6.07) is 0.910. The van der Waals surface area contributed by atoms with Crippen LogP contribution in [0.2, 0.25) is 0 Å². The molecule has 1 aromatic heterocycles. The molecule has 1 rings (SSSR count). The number of ether oxygens (including phenoxy) is 1. The number of alkyl halides is 2. The minimum atomic E-state index is -2.58. The predicted octanol–water partition coefficient (Wildman–Crippen LogP) is 1.62. The van der Waals surface area contributed by atoms with Crippen LogP contribution in [0.15, 0.2) is 6.07 Å². The SMILES string of the molecule is COc1nc(N)c(F)cc1CC(F)F. The lowest BCUT2D eigenvalue weighted by atomic mass is 10.2. The molecule has 0 aliphatic rings. The highest BCUT2D eigenvalue weighted by molar-refractivity contribution is 5.39. The maximum atomic E-state index is 12.9. The number of rotatable bonds is 3. The summed E-state index contributed by atoms with van der Waals surface area (Å²) in [6.07, 6.45) is -3.18.